The lowest BCUT2D eigenvalue weighted by atomic mass is 10.2. The number of hydrogen-bond donors (Lipinski definition) is 2. The molecule has 9 nitrogen and oxygen atoms in total. The maximum Gasteiger partial charge on any atom is 0.339 e. The van der Waals surface area contributed by atoms with E-state index in [-0.39, 0.29) is 27.0 Å². The molecule has 0 bridgehead atoms. The van der Waals surface area contributed by atoms with E-state index in [1.165, 1.54) is 60.7 Å². The first-order chi connectivity index (χ1) is 18.0. The minimum Gasteiger partial charge on any atom is -0.379 e. The number of para-hydroxylation sites is 2. The van der Waals surface area contributed by atoms with Gasteiger partial charge in [0.1, 0.15) is 15.5 Å². The third-order valence-corrected chi connectivity index (χ3v) is 7.78. The van der Waals surface area contributed by atoms with Crippen LogP contribution in [0.25, 0.3) is 0 Å². The second kappa shape index (κ2) is 11.0. The molecule has 0 saturated carbocycles. The molecule has 0 spiro atoms. The molecule has 4 aromatic rings. The number of carbonyl (C=O) groups excluding carboxylic acids is 1. The lowest BCUT2D eigenvalue weighted by molar-refractivity contribution is 0.262. The molecule has 0 fully saturated rings. The minimum atomic E-state index is -4.12. The molecule has 4 aromatic carbocycles. The van der Waals surface area contributed by atoms with Crippen LogP contribution in [0.5, 0.6) is 11.5 Å². The Hall–Kier alpha value is -4.35. The lowest BCUT2D eigenvalue weighted by Crippen LogP contribution is -2.20. The predicted molar refractivity (Wildman–Crippen MR) is 144 cm³/mol. The Bertz CT molecular complexity index is 1650. The summed E-state index contributed by atoms with van der Waals surface area (Å²) in [5, 5.41) is 5.14. The van der Waals surface area contributed by atoms with Crippen molar-refractivity contribution in [3.05, 3.63) is 108 Å². The van der Waals surface area contributed by atoms with Crippen molar-refractivity contribution < 1.29 is 30.0 Å². The molecule has 38 heavy (non-hydrogen) atoms. The highest BCUT2D eigenvalue weighted by molar-refractivity contribution is 7.87. The van der Waals surface area contributed by atoms with Crippen LogP contribution >= 0.6 is 0 Å². The molecule has 2 amide bonds. The van der Waals surface area contributed by atoms with Gasteiger partial charge in [0.05, 0.1) is 5.69 Å². The van der Waals surface area contributed by atoms with Crippen molar-refractivity contribution in [3.63, 3.8) is 0 Å². The first-order valence-electron chi connectivity index (χ1n) is 11.3. The Kier molecular flexibility index (Phi) is 7.70. The SMILES string of the molecule is Cc1ccc(S(=O)(=O)Oc2ccc(NC(=O)Nc3ccccc3OS(=O)(=O)c3ccc(C)cc3)cc2)cc1. The van der Waals surface area contributed by atoms with Crippen LogP contribution in [0.15, 0.2) is 107 Å². The van der Waals surface area contributed by atoms with Crippen molar-refractivity contribution in [2.45, 2.75) is 23.6 Å². The third kappa shape index (κ3) is 6.69. The predicted octanol–water partition coefficient (Wildman–Crippen LogP) is 5.48. The molecule has 196 valence electrons. The van der Waals surface area contributed by atoms with E-state index in [9.17, 15) is 21.6 Å². The van der Waals surface area contributed by atoms with E-state index in [1.54, 1.807) is 36.4 Å². The van der Waals surface area contributed by atoms with Gasteiger partial charge in [-0.2, -0.15) is 16.8 Å². The van der Waals surface area contributed by atoms with Gasteiger partial charge in [0.2, 0.25) is 0 Å². The number of rotatable bonds is 8. The smallest absolute Gasteiger partial charge is 0.339 e. The van der Waals surface area contributed by atoms with Crippen molar-refractivity contribution in [1.29, 1.82) is 0 Å². The molecule has 0 aliphatic rings. The zero-order valence-corrected chi connectivity index (χ0v) is 22.0. The molecule has 11 heteroatoms. The minimum absolute atomic E-state index is 0.0194. The van der Waals surface area contributed by atoms with E-state index < -0.39 is 26.3 Å². The fourth-order valence-corrected chi connectivity index (χ4v) is 5.15. The van der Waals surface area contributed by atoms with Gasteiger partial charge in [-0.3, -0.25) is 0 Å². The maximum atomic E-state index is 12.7. The largest absolute Gasteiger partial charge is 0.379 e. The second-order valence-corrected chi connectivity index (χ2v) is 11.4. The van der Waals surface area contributed by atoms with Crippen molar-refractivity contribution >= 4 is 37.6 Å². The van der Waals surface area contributed by atoms with E-state index in [2.05, 4.69) is 10.6 Å². The number of benzene rings is 4. The normalized spacial score (nSPS) is 11.4. The Morgan fingerprint density at radius 1 is 0.605 bits per heavy atom. The van der Waals surface area contributed by atoms with Crippen molar-refractivity contribution in [1.82, 2.24) is 0 Å². The lowest BCUT2D eigenvalue weighted by Gasteiger charge is -2.13. The molecular formula is C27H24N2O7S2. The molecule has 0 unspecified atom stereocenters. The van der Waals surface area contributed by atoms with E-state index in [1.807, 2.05) is 13.8 Å². The van der Waals surface area contributed by atoms with Crippen LogP contribution in [0.2, 0.25) is 0 Å². The highest BCUT2D eigenvalue weighted by atomic mass is 32.2. The van der Waals surface area contributed by atoms with Gasteiger partial charge in [-0.15, -0.1) is 0 Å². The van der Waals surface area contributed by atoms with Crippen LogP contribution in [0.1, 0.15) is 11.1 Å². The molecule has 0 aliphatic carbocycles. The summed E-state index contributed by atoms with van der Waals surface area (Å²) in [6, 6.07) is 23.6. The number of urea groups is 1. The summed E-state index contributed by atoms with van der Waals surface area (Å²) in [5.74, 6) is 0.00452. The van der Waals surface area contributed by atoms with Crippen molar-refractivity contribution in [3.8, 4) is 11.5 Å². The van der Waals surface area contributed by atoms with Gasteiger partial charge in [0.15, 0.2) is 5.75 Å². The average molecular weight is 553 g/mol. The summed E-state index contributed by atoms with van der Waals surface area (Å²) in [4.78, 5) is 12.6. The van der Waals surface area contributed by atoms with Crippen LogP contribution in [-0.2, 0) is 20.2 Å². The molecule has 0 aliphatic heterocycles. The summed E-state index contributed by atoms with van der Waals surface area (Å²) in [5.41, 5.74) is 2.29. The van der Waals surface area contributed by atoms with Gasteiger partial charge >= 0.3 is 26.3 Å². The molecular weight excluding hydrogens is 528 g/mol. The number of nitrogens with one attached hydrogen (secondary N) is 2. The first kappa shape index (κ1) is 26.7. The van der Waals surface area contributed by atoms with E-state index >= 15 is 0 Å². The Labute approximate surface area is 221 Å². The van der Waals surface area contributed by atoms with Crippen LogP contribution in [0, 0.1) is 13.8 Å². The third-order valence-electron chi connectivity index (χ3n) is 5.27. The summed E-state index contributed by atoms with van der Waals surface area (Å²) in [6.45, 7) is 3.68. The first-order valence-corrected chi connectivity index (χ1v) is 14.1. The van der Waals surface area contributed by atoms with Gasteiger partial charge in [-0.05, 0) is 74.5 Å². The number of anilines is 2. The van der Waals surface area contributed by atoms with Crippen LogP contribution in [0.4, 0.5) is 16.2 Å². The quantitative estimate of drug-likeness (QED) is 0.277. The van der Waals surface area contributed by atoms with E-state index in [0.29, 0.717) is 5.69 Å². The number of amides is 2. The second-order valence-electron chi connectivity index (χ2n) is 8.30. The summed E-state index contributed by atoms with van der Waals surface area (Å²) >= 11 is 0. The molecule has 4 rings (SSSR count). The topological polar surface area (TPSA) is 128 Å². The monoisotopic (exact) mass is 552 g/mol. The molecule has 0 radical (unpaired) electrons. The summed E-state index contributed by atoms with van der Waals surface area (Å²) in [7, 11) is -8.14. The standard InChI is InChI=1S/C27H24N2O7S2/c1-19-7-15-23(16-8-19)37(31,32)35-22-13-11-21(12-14-22)28-27(30)29-25-5-3-4-6-26(25)36-38(33,34)24-17-9-20(2)10-18-24/h3-18H,1-2H3,(H2,28,29,30). The number of aryl methyl sites for hydroxylation is 2. The van der Waals surface area contributed by atoms with Gasteiger partial charge in [-0.25, -0.2) is 4.79 Å². The maximum absolute atomic E-state index is 12.7. The summed E-state index contributed by atoms with van der Waals surface area (Å²) < 4.78 is 60.7. The van der Waals surface area contributed by atoms with Crippen molar-refractivity contribution in [2.24, 2.45) is 0 Å². The van der Waals surface area contributed by atoms with Crippen LogP contribution in [0.3, 0.4) is 0 Å². The molecule has 0 atom stereocenters. The molecule has 0 saturated heterocycles. The highest BCUT2D eigenvalue weighted by Gasteiger charge is 2.20. The van der Waals surface area contributed by atoms with Crippen LogP contribution < -0.4 is 19.0 Å². The zero-order valence-electron chi connectivity index (χ0n) is 20.4. The average Bonchev–Trinajstić information content (AvgIpc) is 2.87. The van der Waals surface area contributed by atoms with Gasteiger partial charge in [0.25, 0.3) is 0 Å². The molecule has 0 heterocycles. The van der Waals surface area contributed by atoms with Gasteiger partial charge in [-0.1, -0.05) is 47.5 Å². The molecule has 0 aromatic heterocycles. The van der Waals surface area contributed by atoms with Gasteiger partial charge < -0.3 is 19.0 Å². The zero-order chi connectivity index (χ0) is 27.3. The summed E-state index contributed by atoms with van der Waals surface area (Å²) in [6.07, 6.45) is 0. The highest BCUT2D eigenvalue weighted by Crippen LogP contribution is 2.28. The Balaban J connectivity index is 1.41. The molecule has 2 N–H and O–H groups in total. The van der Waals surface area contributed by atoms with Gasteiger partial charge in [0, 0.05) is 5.69 Å². The Morgan fingerprint density at radius 2 is 1.11 bits per heavy atom. The fourth-order valence-electron chi connectivity index (χ4n) is 3.27. The van der Waals surface area contributed by atoms with E-state index in [0.717, 1.165) is 11.1 Å². The van der Waals surface area contributed by atoms with Crippen molar-refractivity contribution in [2.75, 3.05) is 10.6 Å². The number of carbonyl (C=O) groups is 1. The van der Waals surface area contributed by atoms with Crippen LogP contribution in [-0.4, -0.2) is 22.9 Å². The van der Waals surface area contributed by atoms with E-state index in [4.69, 9.17) is 8.37 Å². The Morgan fingerprint density at radius 3 is 1.66 bits per heavy atom. The number of hydrogen-bond acceptors (Lipinski definition) is 7. The fraction of sp³-hybridized carbons (Fsp3) is 0.0741.